The normalized spacial score (nSPS) is 11.9. The minimum Gasteiger partial charge on any atom is -0.385 e. The second-order valence-electron chi connectivity index (χ2n) is 4.26. The van der Waals surface area contributed by atoms with Crippen molar-refractivity contribution in [1.29, 1.82) is 0 Å². The van der Waals surface area contributed by atoms with Crippen LogP contribution in [-0.2, 0) is 0 Å². The van der Waals surface area contributed by atoms with Crippen molar-refractivity contribution in [2.24, 2.45) is 0 Å². The molecule has 0 saturated carbocycles. The predicted molar refractivity (Wildman–Crippen MR) is 80.5 cm³/mol. The third-order valence-corrected chi connectivity index (χ3v) is 3.30. The van der Waals surface area contributed by atoms with E-state index in [1.165, 1.54) is 0 Å². The number of benzene rings is 1. The molecule has 0 aromatic heterocycles. The van der Waals surface area contributed by atoms with Gasteiger partial charge in [0, 0.05) is 23.8 Å². The molecule has 1 rings (SSSR count). The smallest absolute Gasteiger partial charge is 0.251 e. The van der Waals surface area contributed by atoms with Crippen LogP contribution in [0.1, 0.15) is 30.6 Å². The lowest BCUT2D eigenvalue weighted by molar-refractivity contribution is 0.0939. The van der Waals surface area contributed by atoms with Crippen molar-refractivity contribution in [1.82, 2.24) is 5.32 Å². The first-order chi connectivity index (χ1) is 8.67. The zero-order chi connectivity index (χ0) is 13.4. The van der Waals surface area contributed by atoms with E-state index in [0.717, 1.165) is 24.4 Å². The monoisotopic (exact) mass is 266 g/mol. The molecule has 4 heteroatoms. The van der Waals surface area contributed by atoms with Crippen molar-refractivity contribution in [3.05, 3.63) is 29.8 Å². The van der Waals surface area contributed by atoms with E-state index in [1.54, 1.807) is 11.8 Å². The minimum atomic E-state index is 0.00616. The van der Waals surface area contributed by atoms with Crippen molar-refractivity contribution < 1.29 is 4.79 Å². The van der Waals surface area contributed by atoms with Crippen LogP contribution in [0.15, 0.2) is 24.3 Å². The Balaban J connectivity index is 2.50. The standard InChI is InChI=1S/C14H22N2OS/c1-4-15-13-7-5-12(6-8-13)14(17)16-11(2)9-10-18-3/h5-8,11,15H,4,9-10H2,1-3H3,(H,16,17). The Labute approximate surface area is 114 Å². The van der Waals surface area contributed by atoms with E-state index in [9.17, 15) is 4.79 Å². The zero-order valence-electron chi connectivity index (χ0n) is 11.3. The van der Waals surface area contributed by atoms with E-state index in [0.29, 0.717) is 5.56 Å². The summed E-state index contributed by atoms with van der Waals surface area (Å²) in [7, 11) is 0. The van der Waals surface area contributed by atoms with Crippen LogP contribution in [0.4, 0.5) is 5.69 Å². The van der Waals surface area contributed by atoms with Gasteiger partial charge in [0.2, 0.25) is 0 Å². The van der Waals surface area contributed by atoms with E-state index in [-0.39, 0.29) is 11.9 Å². The zero-order valence-corrected chi connectivity index (χ0v) is 12.1. The fourth-order valence-corrected chi connectivity index (χ4v) is 2.21. The topological polar surface area (TPSA) is 41.1 Å². The summed E-state index contributed by atoms with van der Waals surface area (Å²) in [4.78, 5) is 11.9. The summed E-state index contributed by atoms with van der Waals surface area (Å²) in [6.07, 6.45) is 3.08. The molecule has 0 aliphatic rings. The van der Waals surface area contributed by atoms with Gasteiger partial charge < -0.3 is 10.6 Å². The van der Waals surface area contributed by atoms with Gasteiger partial charge in [0.25, 0.3) is 5.91 Å². The highest BCUT2D eigenvalue weighted by Crippen LogP contribution is 2.09. The fraction of sp³-hybridized carbons (Fsp3) is 0.500. The third kappa shape index (κ3) is 5.00. The maximum absolute atomic E-state index is 11.9. The molecule has 0 aliphatic carbocycles. The van der Waals surface area contributed by atoms with Crippen LogP contribution in [0.3, 0.4) is 0 Å². The third-order valence-electron chi connectivity index (χ3n) is 2.66. The number of hydrogen-bond donors (Lipinski definition) is 2. The number of rotatable bonds is 7. The highest BCUT2D eigenvalue weighted by atomic mass is 32.2. The molecule has 1 unspecified atom stereocenters. The van der Waals surface area contributed by atoms with Crippen molar-refractivity contribution in [2.45, 2.75) is 26.3 Å². The lowest BCUT2D eigenvalue weighted by atomic mass is 10.1. The highest BCUT2D eigenvalue weighted by Gasteiger charge is 2.09. The quantitative estimate of drug-likeness (QED) is 0.797. The Hall–Kier alpha value is -1.16. The van der Waals surface area contributed by atoms with E-state index in [4.69, 9.17) is 0 Å². The van der Waals surface area contributed by atoms with Crippen LogP contribution < -0.4 is 10.6 Å². The maximum atomic E-state index is 11.9. The fourth-order valence-electron chi connectivity index (χ4n) is 1.62. The Morgan fingerprint density at radius 2 is 2.00 bits per heavy atom. The van der Waals surface area contributed by atoms with Crippen molar-refractivity contribution in [3.63, 3.8) is 0 Å². The molecular formula is C14H22N2OS. The first kappa shape index (κ1) is 14.9. The Bertz CT molecular complexity index is 365. The molecule has 1 amide bonds. The van der Waals surface area contributed by atoms with E-state index < -0.39 is 0 Å². The minimum absolute atomic E-state index is 0.00616. The van der Waals surface area contributed by atoms with Gasteiger partial charge in [0.05, 0.1) is 0 Å². The molecule has 3 nitrogen and oxygen atoms in total. The SMILES string of the molecule is CCNc1ccc(C(=O)NC(C)CCSC)cc1. The molecule has 2 N–H and O–H groups in total. The number of nitrogens with one attached hydrogen (secondary N) is 2. The summed E-state index contributed by atoms with van der Waals surface area (Å²) in [6.45, 7) is 4.98. The highest BCUT2D eigenvalue weighted by molar-refractivity contribution is 7.98. The molecule has 1 aromatic rings. The van der Waals surface area contributed by atoms with Crippen LogP contribution in [0.2, 0.25) is 0 Å². The summed E-state index contributed by atoms with van der Waals surface area (Å²) < 4.78 is 0. The molecule has 0 fully saturated rings. The molecule has 1 aromatic carbocycles. The van der Waals surface area contributed by atoms with Gasteiger partial charge in [-0.05, 0) is 56.5 Å². The van der Waals surface area contributed by atoms with E-state index in [2.05, 4.69) is 16.9 Å². The number of carbonyl (C=O) groups excluding carboxylic acids is 1. The number of amides is 1. The summed E-state index contributed by atoms with van der Waals surface area (Å²) in [5.41, 5.74) is 1.76. The summed E-state index contributed by atoms with van der Waals surface area (Å²) in [5.74, 6) is 1.08. The molecule has 100 valence electrons. The van der Waals surface area contributed by atoms with Gasteiger partial charge in [-0.25, -0.2) is 0 Å². The molecule has 1 atom stereocenters. The van der Waals surface area contributed by atoms with Crippen LogP contribution >= 0.6 is 11.8 Å². The summed E-state index contributed by atoms with van der Waals surface area (Å²) in [6, 6.07) is 7.80. The Morgan fingerprint density at radius 1 is 1.33 bits per heavy atom. The average Bonchev–Trinajstić information content (AvgIpc) is 2.37. The number of carbonyl (C=O) groups is 1. The van der Waals surface area contributed by atoms with Gasteiger partial charge in [-0.1, -0.05) is 0 Å². The predicted octanol–water partition coefficient (Wildman–Crippen LogP) is 2.99. The van der Waals surface area contributed by atoms with Gasteiger partial charge in [-0.2, -0.15) is 11.8 Å². The molecule has 0 bridgehead atoms. The molecule has 0 heterocycles. The number of anilines is 1. The second-order valence-corrected chi connectivity index (χ2v) is 5.25. The van der Waals surface area contributed by atoms with Crippen LogP contribution in [-0.4, -0.2) is 30.5 Å². The van der Waals surface area contributed by atoms with Gasteiger partial charge in [0.15, 0.2) is 0 Å². The molecule has 0 radical (unpaired) electrons. The Morgan fingerprint density at radius 3 is 2.56 bits per heavy atom. The van der Waals surface area contributed by atoms with Gasteiger partial charge >= 0.3 is 0 Å². The maximum Gasteiger partial charge on any atom is 0.251 e. The average molecular weight is 266 g/mol. The largest absolute Gasteiger partial charge is 0.385 e. The van der Waals surface area contributed by atoms with Crippen LogP contribution in [0.25, 0.3) is 0 Å². The van der Waals surface area contributed by atoms with E-state index >= 15 is 0 Å². The summed E-state index contributed by atoms with van der Waals surface area (Å²) >= 11 is 1.80. The van der Waals surface area contributed by atoms with E-state index in [1.807, 2.05) is 38.1 Å². The lowest BCUT2D eigenvalue weighted by Crippen LogP contribution is -2.32. The van der Waals surface area contributed by atoms with Crippen molar-refractivity contribution in [2.75, 3.05) is 23.9 Å². The molecular weight excluding hydrogens is 244 g/mol. The van der Waals surface area contributed by atoms with Crippen LogP contribution in [0, 0.1) is 0 Å². The number of thioether (sulfide) groups is 1. The van der Waals surface area contributed by atoms with Crippen LogP contribution in [0.5, 0.6) is 0 Å². The second kappa shape index (κ2) is 8.03. The van der Waals surface area contributed by atoms with Crippen molar-refractivity contribution >= 4 is 23.4 Å². The molecule has 0 saturated heterocycles. The van der Waals surface area contributed by atoms with Gasteiger partial charge in [-0.3, -0.25) is 4.79 Å². The molecule has 0 aliphatic heterocycles. The Kier molecular flexibility index (Phi) is 6.65. The van der Waals surface area contributed by atoms with Gasteiger partial charge in [-0.15, -0.1) is 0 Å². The molecule has 18 heavy (non-hydrogen) atoms. The lowest BCUT2D eigenvalue weighted by Gasteiger charge is -2.13. The number of hydrogen-bond acceptors (Lipinski definition) is 3. The first-order valence-electron chi connectivity index (χ1n) is 6.31. The van der Waals surface area contributed by atoms with Gasteiger partial charge in [0.1, 0.15) is 0 Å². The van der Waals surface area contributed by atoms with Crippen molar-refractivity contribution in [3.8, 4) is 0 Å². The first-order valence-corrected chi connectivity index (χ1v) is 7.70. The molecule has 0 spiro atoms. The summed E-state index contributed by atoms with van der Waals surface area (Å²) in [5, 5.41) is 6.22.